The maximum atomic E-state index is 5.97. The number of hydrogen-bond acceptors (Lipinski definition) is 3. The van der Waals surface area contributed by atoms with E-state index in [0.29, 0.717) is 12.5 Å². The maximum Gasteiger partial charge on any atom is 0.142 e. The Morgan fingerprint density at radius 1 is 0.958 bits per heavy atom. The smallest absolute Gasteiger partial charge is 0.142 e. The second kappa shape index (κ2) is 9.21. The fraction of sp³-hybridized carbons (Fsp3) is 0.429. The summed E-state index contributed by atoms with van der Waals surface area (Å²) in [5, 5.41) is 3.43. The van der Waals surface area contributed by atoms with Crippen molar-refractivity contribution in [2.45, 2.75) is 40.2 Å². The summed E-state index contributed by atoms with van der Waals surface area (Å²) in [7, 11) is 0. The molecule has 0 saturated carbocycles. The molecule has 0 saturated heterocycles. The van der Waals surface area contributed by atoms with Crippen molar-refractivity contribution >= 4 is 5.69 Å². The molecule has 3 nitrogen and oxygen atoms in total. The highest BCUT2D eigenvalue weighted by Gasteiger charge is 2.08. The highest BCUT2D eigenvalue weighted by molar-refractivity contribution is 5.56. The molecular formula is C21H29NO2. The van der Waals surface area contributed by atoms with E-state index in [-0.39, 0.29) is 6.10 Å². The Bertz CT molecular complexity index is 607. The van der Waals surface area contributed by atoms with E-state index in [1.807, 2.05) is 36.4 Å². The molecule has 0 heterocycles. The molecule has 0 aliphatic carbocycles. The van der Waals surface area contributed by atoms with Gasteiger partial charge in [0.15, 0.2) is 0 Å². The summed E-state index contributed by atoms with van der Waals surface area (Å²) >= 11 is 0. The molecule has 130 valence electrons. The zero-order chi connectivity index (χ0) is 17.4. The topological polar surface area (TPSA) is 30.5 Å². The average Bonchev–Trinajstić information content (AvgIpc) is 2.59. The average molecular weight is 327 g/mol. The molecule has 2 aromatic rings. The van der Waals surface area contributed by atoms with Crippen LogP contribution in [0.25, 0.3) is 0 Å². The van der Waals surface area contributed by atoms with E-state index in [1.54, 1.807) is 0 Å². The summed E-state index contributed by atoms with van der Waals surface area (Å²) in [5.74, 6) is 2.31. The van der Waals surface area contributed by atoms with Crippen LogP contribution in [0.2, 0.25) is 0 Å². The maximum absolute atomic E-state index is 5.97. The lowest BCUT2D eigenvalue weighted by molar-refractivity contribution is 0.234. The lowest BCUT2D eigenvalue weighted by atomic mass is 10.2. The molecule has 0 amide bonds. The number of hydrogen-bond donors (Lipinski definition) is 1. The van der Waals surface area contributed by atoms with E-state index in [9.17, 15) is 0 Å². The van der Waals surface area contributed by atoms with Crippen LogP contribution in [0.3, 0.4) is 0 Å². The summed E-state index contributed by atoms with van der Waals surface area (Å²) in [6.45, 7) is 9.96. The zero-order valence-electron chi connectivity index (χ0n) is 15.2. The summed E-state index contributed by atoms with van der Waals surface area (Å²) in [4.78, 5) is 0. The Kier molecular flexibility index (Phi) is 6.98. The van der Waals surface area contributed by atoms with Gasteiger partial charge in [-0.2, -0.15) is 0 Å². The largest absolute Gasteiger partial charge is 0.491 e. The van der Waals surface area contributed by atoms with Gasteiger partial charge in [-0.3, -0.25) is 0 Å². The highest BCUT2D eigenvalue weighted by Crippen LogP contribution is 2.24. The van der Waals surface area contributed by atoms with Crippen molar-refractivity contribution < 1.29 is 9.47 Å². The van der Waals surface area contributed by atoms with E-state index < -0.39 is 0 Å². The lowest BCUT2D eigenvalue weighted by Gasteiger charge is -2.18. The first-order chi connectivity index (χ1) is 11.6. The Labute approximate surface area is 146 Å². The van der Waals surface area contributed by atoms with E-state index in [4.69, 9.17) is 9.47 Å². The minimum Gasteiger partial charge on any atom is -0.491 e. The molecule has 1 unspecified atom stereocenters. The Morgan fingerprint density at radius 2 is 1.67 bits per heavy atom. The predicted molar refractivity (Wildman–Crippen MR) is 101 cm³/mol. The fourth-order valence-electron chi connectivity index (χ4n) is 2.33. The van der Waals surface area contributed by atoms with Gasteiger partial charge in [-0.25, -0.2) is 0 Å². The molecule has 0 aliphatic heterocycles. The Morgan fingerprint density at radius 3 is 2.33 bits per heavy atom. The number of rotatable bonds is 9. The first kappa shape index (κ1) is 18.2. The van der Waals surface area contributed by atoms with Gasteiger partial charge in [-0.05, 0) is 49.1 Å². The van der Waals surface area contributed by atoms with Gasteiger partial charge < -0.3 is 14.8 Å². The van der Waals surface area contributed by atoms with Gasteiger partial charge in [-0.15, -0.1) is 0 Å². The van der Waals surface area contributed by atoms with Gasteiger partial charge in [0.05, 0.1) is 18.8 Å². The molecule has 1 atom stereocenters. The summed E-state index contributed by atoms with van der Waals surface area (Å²) in [5.41, 5.74) is 2.33. The van der Waals surface area contributed by atoms with Gasteiger partial charge in [0.2, 0.25) is 0 Å². The molecule has 0 aromatic heterocycles. The van der Waals surface area contributed by atoms with Gasteiger partial charge in [0.25, 0.3) is 0 Å². The molecule has 2 aromatic carbocycles. The number of nitrogens with one attached hydrogen (secondary N) is 1. The third-order valence-corrected chi connectivity index (χ3v) is 3.71. The van der Waals surface area contributed by atoms with Crippen LogP contribution in [0.4, 0.5) is 5.69 Å². The molecule has 24 heavy (non-hydrogen) atoms. The van der Waals surface area contributed by atoms with E-state index in [1.165, 1.54) is 5.56 Å². The van der Waals surface area contributed by atoms with Crippen LogP contribution in [0.1, 0.15) is 33.3 Å². The van der Waals surface area contributed by atoms with Crippen molar-refractivity contribution in [2.24, 2.45) is 5.92 Å². The third kappa shape index (κ3) is 5.80. The van der Waals surface area contributed by atoms with E-state index in [2.05, 4.69) is 45.1 Å². The summed E-state index contributed by atoms with van der Waals surface area (Å²) in [6, 6.07) is 16.4. The van der Waals surface area contributed by atoms with Crippen molar-refractivity contribution in [1.82, 2.24) is 0 Å². The number of aryl methyl sites for hydroxylation is 1. The summed E-state index contributed by atoms with van der Waals surface area (Å²) < 4.78 is 11.8. The van der Waals surface area contributed by atoms with Crippen molar-refractivity contribution in [2.75, 3.05) is 18.5 Å². The number of ether oxygens (including phenoxy) is 2. The Hall–Kier alpha value is -2.16. The van der Waals surface area contributed by atoms with Crippen molar-refractivity contribution in [1.29, 1.82) is 0 Å². The first-order valence-electron chi connectivity index (χ1n) is 8.79. The fourth-order valence-corrected chi connectivity index (χ4v) is 2.33. The number of para-hydroxylation sites is 2. The standard InChI is InChI=1S/C21H29NO2/c1-5-18-10-12-19(13-11-18)24-17(4)14-22-20-8-6-7-9-21(20)23-15-16(2)3/h6-13,16-17,22H,5,14-15H2,1-4H3. The minimum absolute atomic E-state index is 0.0654. The third-order valence-electron chi connectivity index (χ3n) is 3.71. The second-order valence-corrected chi connectivity index (χ2v) is 6.51. The SMILES string of the molecule is CCc1ccc(OC(C)CNc2ccccc2OCC(C)C)cc1. The minimum atomic E-state index is 0.0654. The molecule has 0 aliphatic rings. The van der Waals surface area contributed by atoms with Crippen LogP contribution in [0.15, 0.2) is 48.5 Å². The van der Waals surface area contributed by atoms with Crippen LogP contribution in [0.5, 0.6) is 11.5 Å². The normalized spacial score (nSPS) is 12.0. The van der Waals surface area contributed by atoms with Crippen LogP contribution in [-0.4, -0.2) is 19.3 Å². The predicted octanol–water partition coefficient (Wildman–Crippen LogP) is 5.16. The molecule has 3 heteroatoms. The number of anilines is 1. The van der Waals surface area contributed by atoms with Crippen molar-refractivity contribution in [3.63, 3.8) is 0 Å². The van der Waals surface area contributed by atoms with Crippen LogP contribution in [0, 0.1) is 5.92 Å². The van der Waals surface area contributed by atoms with Gasteiger partial charge in [0.1, 0.15) is 17.6 Å². The van der Waals surface area contributed by atoms with Gasteiger partial charge >= 0.3 is 0 Å². The molecule has 0 radical (unpaired) electrons. The quantitative estimate of drug-likeness (QED) is 0.690. The zero-order valence-corrected chi connectivity index (χ0v) is 15.2. The van der Waals surface area contributed by atoms with Crippen LogP contribution in [-0.2, 0) is 6.42 Å². The number of benzene rings is 2. The molecule has 2 rings (SSSR count). The second-order valence-electron chi connectivity index (χ2n) is 6.51. The molecular weight excluding hydrogens is 298 g/mol. The molecule has 0 spiro atoms. The molecule has 1 N–H and O–H groups in total. The van der Waals surface area contributed by atoms with Gasteiger partial charge in [0, 0.05) is 0 Å². The van der Waals surface area contributed by atoms with Crippen LogP contribution >= 0.6 is 0 Å². The van der Waals surface area contributed by atoms with Crippen LogP contribution < -0.4 is 14.8 Å². The monoisotopic (exact) mass is 327 g/mol. The first-order valence-corrected chi connectivity index (χ1v) is 8.79. The van der Waals surface area contributed by atoms with E-state index in [0.717, 1.165) is 30.2 Å². The molecule has 0 fully saturated rings. The van der Waals surface area contributed by atoms with Crippen molar-refractivity contribution in [3.8, 4) is 11.5 Å². The lowest BCUT2D eigenvalue weighted by Crippen LogP contribution is -2.23. The van der Waals surface area contributed by atoms with E-state index >= 15 is 0 Å². The molecule has 0 bridgehead atoms. The Balaban J connectivity index is 1.87. The highest BCUT2D eigenvalue weighted by atomic mass is 16.5. The summed E-state index contributed by atoms with van der Waals surface area (Å²) in [6.07, 6.45) is 1.11. The van der Waals surface area contributed by atoms with Gasteiger partial charge in [-0.1, -0.05) is 45.0 Å². The van der Waals surface area contributed by atoms with Crippen molar-refractivity contribution in [3.05, 3.63) is 54.1 Å².